The molecule has 0 saturated heterocycles. The zero-order valence-electron chi connectivity index (χ0n) is 16.7. The molecule has 4 aromatic rings. The quantitative estimate of drug-likeness (QED) is 0.465. The van der Waals surface area contributed by atoms with Crippen LogP contribution in [0.3, 0.4) is 0 Å². The van der Waals surface area contributed by atoms with Crippen LogP contribution in [0.2, 0.25) is 0 Å². The molecule has 0 saturated carbocycles. The molecule has 4 rings (SSSR count). The monoisotopic (exact) mass is 428 g/mol. The third-order valence-corrected chi connectivity index (χ3v) is 6.58. The Balaban J connectivity index is 1.91. The fourth-order valence-electron chi connectivity index (χ4n) is 3.34. The van der Waals surface area contributed by atoms with Crippen LogP contribution in [0.25, 0.3) is 28.0 Å². The number of hydrogen-bond acceptors (Lipinski definition) is 8. The summed E-state index contributed by atoms with van der Waals surface area (Å²) in [5, 5.41) is 13.6. The molecule has 0 fully saturated rings. The van der Waals surface area contributed by atoms with Crippen molar-refractivity contribution >= 4 is 34.0 Å². The highest BCUT2D eigenvalue weighted by atomic mass is 32.2. The minimum atomic E-state index is 0.150. The molecule has 0 aromatic carbocycles. The van der Waals surface area contributed by atoms with Gasteiger partial charge in [0.2, 0.25) is 5.88 Å². The summed E-state index contributed by atoms with van der Waals surface area (Å²) in [5.41, 5.74) is 4.02. The number of pyridine rings is 2. The molecule has 150 valence electrons. The molecule has 0 unspecified atom stereocenters. The van der Waals surface area contributed by atoms with Crippen LogP contribution in [-0.2, 0) is 0 Å². The van der Waals surface area contributed by atoms with E-state index in [-0.39, 0.29) is 5.88 Å². The molecule has 4 heterocycles. The summed E-state index contributed by atoms with van der Waals surface area (Å²) in [6.45, 7) is 3.89. The summed E-state index contributed by atoms with van der Waals surface area (Å²) in [5.74, 6) is 1.80. The number of aryl methyl sites for hydroxylation is 2. The number of hydrogen-bond donors (Lipinski definition) is 1. The van der Waals surface area contributed by atoms with E-state index in [0.717, 1.165) is 37.8 Å². The predicted molar refractivity (Wildman–Crippen MR) is 116 cm³/mol. The third kappa shape index (κ3) is 3.20. The van der Waals surface area contributed by atoms with Crippen molar-refractivity contribution in [1.29, 1.82) is 0 Å². The number of thioether (sulfide) groups is 1. The summed E-state index contributed by atoms with van der Waals surface area (Å²) < 4.78 is 13.3. The van der Waals surface area contributed by atoms with Crippen LogP contribution >= 0.6 is 23.1 Å². The Morgan fingerprint density at radius 3 is 2.59 bits per heavy atom. The van der Waals surface area contributed by atoms with Crippen LogP contribution in [0.1, 0.15) is 11.3 Å². The van der Waals surface area contributed by atoms with Gasteiger partial charge in [-0.15, -0.1) is 11.3 Å². The molecular formula is C20H20N4O3S2. The average molecular weight is 429 g/mol. The fraction of sp³-hybridized carbons (Fsp3) is 0.250. The van der Waals surface area contributed by atoms with E-state index in [1.807, 2.05) is 37.6 Å². The van der Waals surface area contributed by atoms with Gasteiger partial charge in [0.15, 0.2) is 15.9 Å². The van der Waals surface area contributed by atoms with Crippen molar-refractivity contribution in [3.05, 3.63) is 35.0 Å². The Hall–Kier alpha value is -2.78. The smallest absolute Gasteiger partial charge is 0.256 e. The zero-order valence-corrected chi connectivity index (χ0v) is 18.3. The molecule has 0 aliphatic carbocycles. The first kappa shape index (κ1) is 19.5. The van der Waals surface area contributed by atoms with Crippen molar-refractivity contribution in [2.75, 3.05) is 20.5 Å². The number of nitrogens with zero attached hydrogens (tertiary/aromatic N) is 4. The van der Waals surface area contributed by atoms with E-state index in [1.54, 1.807) is 48.1 Å². The fourth-order valence-corrected chi connectivity index (χ4v) is 4.56. The van der Waals surface area contributed by atoms with Gasteiger partial charge in [-0.3, -0.25) is 4.57 Å². The van der Waals surface area contributed by atoms with Crippen LogP contribution in [0.15, 0.2) is 28.0 Å². The lowest BCUT2D eigenvalue weighted by atomic mass is 10.1. The van der Waals surface area contributed by atoms with E-state index >= 15 is 0 Å². The van der Waals surface area contributed by atoms with Gasteiger partial charge in [0, 0.05) is 17.1 Å². The highest BCUT2D eigenvalue weighted by Crippen LogP contribution is 2.38. The van der Waals surface area contributed by atoms with E-state index in [2.05, 4.69) is 9.97 Å². The largest absolute Gasteiger partial charge is 0.494 e. The SMILES string of the molecule is COc1cc(-c2cc(C)c3c(O)n(-c4csc(SC)n4)c(C)c3n2)cnc1OC. The van der Waals surface area contributed by atoms with Gasteiger partial charge in [-0.2, -0.15) is 0 Å². The number of aromatic hydroxyl groups is 1. The minimum absolute atomic E-state index is 0.150. The van der Waals surface area contributed by atoms with E-state index in [1.165, 1.54) is 0 Å². The maximum absolute atomic E-state index is 10.9. The molecule has 4 aromatic heterocycles. The van der Waals surface area contributed by atoms with Gasteiger partial charge in [0.25, 0.3) is 5.88 Å². The number of rotatable bonds is 5. The summed E-state index contributed by atoms with van der Waals surface area (Å²) in [6, 6.07) is 3.78. The normalized spacial score (nSPS) is 11.2. The van der Waals surface area contributed by atoms with E-state index in [0.29, 0.717) is 17.4 Å². The van der Waals surface area contributed by atoms with Crippen molar-refractivity contribution in [1.82, 2.24) is 19.5 Å². The lowest BCUT2D eigenvalue weighted by Gasteiger charge is -2.09. The first-order valence-corrected chi connectivity index (χ1v) is 10.9. The van der Waals surface area contributed by atoms with Crippen molar-refractivity contribution in [3.8, 4) is 34.6 Å². The molecule has 0 amide bonds. The molecule has 0 aliphatic rings. The summed E-state index contributed by atoms with van der Waals surface area (Å²) >= 11 is 3.13. The van der Waals surface area contributed by atoms with Gasteiger partial charge in [0.1, 0.15) is 0 Å². The van der Waals surface area contributed by atoms with Gasteiger partial charge >= 0.3 is 0 Å². The van der Waals surface area contributed by atoms with Gasteiger partial charge in [0.05, 0.1) is 36.5 Å². The molecule has 0 spiro atoms. The Morgan fingerprint density at radius 2 is 1.93 bits per heavy atom. The minimum Gasteiger partial charge on any atom is -0.494 e. The molecule has 29 heavy (non-hydrogen) atoms. The average Bonchev–Trinajstić information content (AvgIpc) is 3.30. The molecule has 0 atom stereocenters. The number of methoxy groups -OCH3 is 2. The van der Waals surface area contributed by atoms with Crippen LogP contribution in [-0.4, -0.2) is 45.1 Å². The topological polar surface area (TPSA) is 82.3 Å². The van der Waals surface area contributed by atoms with Crippen LogP contribution in [0, 0.1) is 13.8 Å². The number of ether oxygens (including phenoxy) is 2. The third-order valence-electron chi connectivity index (χ3n) is 4.73. The van der Waals surface area contributed by atoms with E-state index in [4.69, 9.17) is 14.5 Å². The standard InChI is InChI=1S/C20H20N4O3S2/c1-10-6-13(12-7-14(26-3)18(27-4)21-8-12)22-17-11(2)24(19(25)16(10)17)15-9-29-20(23-15)28-5/h6-9,25H,1-5H3. The maximum atomic E-state index is 10.9. The molecule has 1 N–H and O–H groups in total. The molecule has 0 bridgehead atoms. The molecular weight excluding hydrogens is 408 g/mol. The van der Waals surface area contributed by atoms with Crippen molar-refractivity contribution in [2.24, 2.45) is 0 Å². The summed E-state index contributed by atoms with van der Waals surface area (Å²) in [4.78, 5) is 13.7. The van der Waals surface area contributed by atoms with Gasteiger partial charge in [-0.1, -0.05) is 11.8 Å². The highest BCUT2D eigenvalue weighted by Gasteiger charge is 2.21. The lowest BCUT2D eigenvalue weighted by molar-refractivity contribution is 0.343. The summed E-state index contributed by atoms with van der Waals surface area (Å²) in [7, 11) is 3.12. The second kappa shape index (κ2) is 7.57. The molecule has 0 radical (unpaired) electrons. The Kier molecular flexibility index (Phi) is 5.10. The Bertz CT molecular complexity index is 1220. The summed E-state index contributed by atoms with van der Waals surface area (Å²) in [6.07, 6.45) is 3.68. The predicted octanol–water partition coefficient (Wildman–Crippen LogP) is 4.61. The maximum Gasteiger partial charge on any atom is 0.256 e. The van der Waals surface area contributed by atoms with E-state index < -0.39 is 0 Å². The molecule has 9 heteroatoms. The van der Waals surface area contributed by atoms with Crippen LogP contribution in [0.5, 0.6) is 17.5 Å². The highest BCUT2D eigenvalue weighted by molar-refractivity contribution is 8.00. The Labute approximate surface area is 176 Å². The van der Waals surface area contributed by atoms with E-state index in [9.17, 15) is 5.11 Å². The first-order valence-electron chi connectivity index (χ1n) is 8.78. The van der Waals surface area contributed by atoms with Gasteiger partial charge < -0.3 is 14.6 Å². The number of fused-ring (bicyclic) bond motifs is 1. The van der Waals surface area contributed by atoms with Crippen molar-refractivity contribution in [3.63, 3.8) is 0 Å². The van der Waals surface area contributed by atoms with Crippen LogP contribution in [0.4, 0.5) is 0 Å². The Morgan fingerprint density at radius 1 is 1.14 bits per heavy atom. The molecule has 7 nitrogen and oxygen atoms in total. The van der Waals surface area contributed by atoms with Gasteiger partial charge in [-0.25, -0.2) is 15.0 Å². The van der Waals surface area contributed by atoms with Crippen molar-refractivity contribution < 1.29 is 14.6 Å². The zero-order chi connectivity index (χ0) is 20.7. The second-order valence-electron chi connectivity index (χ2n) is 6.40. The second-order valence-corrected chi connectivity index (χ2v) is 8.32. The first-order chi connectivity index (χ1) is 14.0. The lowest BCUT2D eigenvalue weighted by Crippen LogP contribution is -1.96. The van der Waals surface area contributed by atoms with Crippen LogP contribution < -0.4 is 9.47 Å². The number of thiazole rings is 1. The molecule has 0 aliphatic heterocycles. The van der Waals surface area contributed by atoms with Gasteiger partial charge in [-0.05, 0) is 37.8 Å². The number of aromatic nitrogens is 4. The van der Waals surface area contributed by atoms with Crippen molar-refractivity contribution in [2.45, 2.75) is 18.2 Å².